The van der Waals surface area contributed by atoms with Crippen LogP contribution in [0.25, 0.3) is 0 Å². The SMILES string of the molecule is CCC(C)(C)NC(=O)CN(C)Cc1cccc(F)c1. The van der Waals surface area contributed by atoms with E-state index < -0.39 is 0 Å². The highest BCUT2D eigenvalue weighted by molar-refractivity contribution is 5.78. The van der Waals surface area contributed by atoms with E-state index in [1.54, 1.807) is 6.07 Å². The fraction of sp³-hybridized carbons (Fsp3) is 0.533. The maximum absolute atomic E-state index is 13.1. The molecule has 1 aromatic carbocycles. The van der Waals surface area contributed by atoms with Crippen molar-refractivity contribution in [3.63, 3.8) is 0 Å². The first-order valence-electron chi connectivity index (χ1n) is 6.56. The lowest BCUT2D eigenvalue weighted by molar-refractivity contribution is -0.123. The van der Waals surface area contributed by atoms with Gasteiger partial charge in [0.15, 0.2) is 0 Å². The van der Waals surface area contributed by atoms with Gasteiger partial charge < -0.3 is 5.32 Å². The second-order valence-corrected chi connectivity index (χ2v) is 5.59. The molecule has 1 amide bonds. The predicted molar refractivity (Wildman–Crippen MR) is 75.2 cm³/mol. The number of amides is 1. The third-order valence-corrected chi connectivity index (χ3v) is 3.12. The van der Waals surface area contributed by atoms with Crippen LogP contribution in [0.15, 0.2) is 24.3 Å². The van der Waals surface area contributed by atoms with Gasteiger partial charge in [-0.25, -0.2) is 4.39 Å². The normalized spacial score (nSPS) is 11.7. The zero-order valence-corrected chi connectivity index (χ0v) is 12.2. The molecule has 0 atom stereocenters. The molecule has 0 bridgehead atoms. The molecular weight excluding hydrogens is 243 g/mol. The monoisotopic (exact) mass is 266 g/mol. The Morgan fingerprint density at radius 1 is 1.42 bits per heavy atom. The summed E-state index contributed by atoms with van der Waals surface area (Å²) in [5.74, 6) is -0.256. The average molecular weight is 266 g/mol. The van der Waals surface area contributed by atoms with E-state index in [1.165, 1.54) is 12.1 Å². The summed E-state index contributed by atoms with van der Waals surface area (Å²) in [5.41, 5.74) is 0.682. The van der Waals surface area contributed by atoms with Gasteiger partial charge in [0.1, 0.15) is 5.82 Å². The Kier molecular flexibility index (Phi) is 5.48. The van der Waals surface area contributed by atoms with Crippen molar-refractivity contribution < 1.29 is 9.18 Å². The van der Waals surface area contributed by atoms with Crippen molar-refractivity contribution in [1.82, 2.24) is 10.2 Å². The lowest BCUT2D eigenvalue weighted by atomic mass is 10.0. The number of rotatable bonds is 6. The van der Waals surface area contributed by atoms with Crippen LogP contribution in [0.5, 0.6) is 0 Å². The molecule has 3 nitrogen and oxygen atoms in total. The quantitative estimate of drug-likeness (QED) is 0.858. The Morgan fingerprint density at radius 2 is 2.11 bits per heavy atom. The van der Waals surface area contributed by atoms with Gasteiger partial charge in [-0.1, -0.05) is 19.1 Å². The molecule has 4 heteroatoms. The molecule has 0 aliphatic rings. The summed E-state index contributed by atoms with van der Waals surface area (Å²) in [5, 5.41) is 2.98. The smallest absolute Gasteiger partial charge is 0.234 e. The first-order chi connectivity index (χ1) is 8.82. The molecule has 0 aromatic heterocycles. The van der Waals surface area contributed by atoms with Crippen LogP contribution in [-0.2, 0) is 11.3 Å². The Hall–Kier alpha value is -1.42. The zero-order chi connectivity index (χ0) is 14.5. The first kappa shape index (κ1) is 15.6. The molecule has 1 N–H and O–H groups in total. The number of nitrogens with zero attached hydrogens (tertiary/aromatic N) is 1. The third-order valence-electron chi connectivity index (χ3n) is 3.12. The van der Waals surface area contributed by atoms with Gasteiger partial charge in [-0.2, -0.15) is 0 Å². The van der Waals surface area contributed by atoms with Crippen molar-refractivity contribution >= 4 is 5.91 Å². The Balaban J connectivity index is 2.47. The van der Waals surface area contributed by atoms with Gasteiger partial charge in [-0.3, -0.25) is 9.69 Å². The van der Waals surface area contributed by atoms with Crippen molar-refractivity contribution in [2.45, 2.75) is 39.3 Å². The van der Waals surface area contributed by atoms with E-state index in [2.05, 4.69) is 5.32 Å². The summed E-state index contributed by atoms with van der Waals surface area (Å²) in [4.78, 5) is 13.7. The van der Waals surface area contributed by atoms with Gasteiger partial charge in [0.25, 0.3) is 0 Å². The second kappa shape index (κ2) is 6.66. The summed E-state index contributed by atoms with van der Waals surface area (Å²) < 4.78 is 13.1. The summed E-state index contributed by atoms with van der Waals surface area (Å²) in [6.07, 6.45) is 0.881. The van der Waals surface area contributed by atoms with Crippen molar-refractivity contribution in [3.8, 4) is 0 Å². The fourth-order valence-electron chi connectivity index (χ4n) is 1.75. The molecule has 106 valence electrons. The van der Waals surface area contributed by atoms with Gasteiger partial charge in [0.05, 0.1) is 6.54 Å². The van der Waals surface area contributed by atoms with Gasteiger partial charge in [0.2, 0.25) is 5.91 Å². The largest absolute Gasteiger partial charge is 0.350 e. The molecule has 0 heterocycles. The standard InChI is InChI=1S/C15H23FN2O/c1-5-15(2,3)17-14(19)11-18(4)10-12-7-6-8-13(16)9-12/h6-9H,5,10-11H2,1-4H3,(H,17,19). The minimum absolute atomic E-state index is 0.00856. The molecule has 0 fully saturated rings. The van der Waals surface area contributed by atoms with Crippen LogP contribution in [0, 0.1) is 5.82 Å². The molecule has 0 unspecified atom stereocenters. The van der Waals surface area contributed by atoms with Crippen LogP contribution in [0.2, 0.25) is 0 Å². The van der Waals surface area contributed by atoms with E-state index in [1.807, 2.05) is 38.8 Å². The molecule has 0 spiro atoms. The van der Waals surface area contributed by atoms with E-state index >= 15 is 0 Å². The van der Waals surface area contributed by atoms with Gasteiger partial charge in [-0.15, -0.1) is 0 Å². The Bertz CT molecular complexity index is 432. The summed E-state index contributed by atoms with van der Waals surface area (Å²) in [7, 11) is 1.85. The molecule has 1 aromatic rings. The molecule has 0 radical (unpaired) electrons. The van der Waals surface area contributed by atoms with Crippen LogP contribution in [0.3, 0.4) is 0 Å². The highest BCUT2D eigenvalue weighted by Crippen LogP contribution is 2.08. The maximum atomic E-state index is 13.1. The van der Waals surface area contributed by atoms with Gasteiger partial charge in [0, 0.05) is 12.1 Å². The number of nitrogens with one attached hydrogen (secondary N) is 1. The van der Waals surface area contributed by atoms with Crippen LogP contribution in [0.1, 0.15) is 32.8 Å². The maximum Gasteiger partial charge on any atom is 0.234 e. The van der Waals surface area contributed by atoms with Crippen molar-refractivity contribution in [2.24, 2.45) is 0 Å². The number of hydrogen-bond acceptors (Lipinski definition) is 2. The van der Waals surface area contributed by atoms with Crippen molar-refractivity contribution in [2.75, 3.05) is 13.6 Å². The van der Waals surface area contributed by atoms with Crippen LogP contribution >= 0.6 is 0 Å². The van der Waals surface area contributed by atoms with Crippen molar-refractivity contribution in [3.05, 3.63) is 35.6 Å². The highest BCUT2D eigenvalue weighted by Gasteiger charge is 2.18. The number of benzene rings is 1. The lowest BCUT2D eigenvalue weighted by Crippen LogP contribution is -2.46. The van der Waals surface area contributed by atoms with Crippen LogP contribution in [0.4, 0.5) is 4.39 Å². The number of carbonyl (C=O) groups is 1. The summed E-state index contributed by atoms with van der Waals surface area (Å²) in [6, 6.07) is 6.44. The molecular formula is C15H23FN2O. The topological polar surface area (TPSA) is 32.3 Å². The Morgan fingerprint density at radius 3 is 2.68 bits per heavy atom. The van der Waals surface area contributed by atoms with E-state index in [0.29, 0.717) is 13.1 Å². The van der Waals surface area contributed by atoms with E-state index in [9.17, 15) is 9.18 Å². The van der Waals surface area contributed by atoms with E-state index in [-0.39, 0.29) is 17.3 Å². The second-order valence-electron chi connectivity index (χ2n) is 5.59. The number of hydrogen-bond donors (Lipinski definition) is 1. The van der Waals surface area contributed by atoms with Crippen molar-refractivity contribution in [1.29, 1.82) is 0 Å². The molecule has 0 aliphatic carbocycles. The molecule has 1 rings (SSSR count). The van der Waals surface area contributed by atoms with E-state index in [0.717, 1.165) is 12.0 Å². The summed E-state index contributed by atoms with van der Waals surface area (Å²) in [6.45, 7) is 6.89. The molecule has 19 heavy (non-hydrogen) atoms. The minimum Gasteiger partial charge on any atom is -0.350 e. The number of likely N-dealkylation sites (N-methyl/N-ethyl adjacent to an activating group) is 1. The molecule has 0 saturated heterocycles. The molecule has 0 aliphatic heterocycles. The number of carbonyl (C=O) groups excluding carboxylic acids is 1. The Labute approximate surface area is 114 Å². The highest BCUT2D eigenvalue weighted by atomic mass is 19.1. The summed E-state index contributed by atoms with van der Waals surface area (Å²) >= 11 is 0. The lowest BCUT2D eigenvalue weighted by Gasteiger charge is -2.26. The first-order valence-corrected chi connectivity index (χ1v) is 6.56. The van der Waals surface area contributed by atoms with Crippen LogP contribution in [-0.4, -0.2) is 29.9 Å². The minimum atomic E-state index is -0.248. The van der Waals surface area contributed by atoms with Gasteiger partial charge >= 0.3 is 0 Å². The third kappa shape index (κ3) is 5.83. The number of halogens is 1. The zero-order valence-electron chi connectivity index (χ0n) is 12.2. The van der Waals surface area contributed by atoms with E-state index in [4.69, 9.17) is 0 Å². The average Bonchev–Trinajstić information content (AvgIpc) is 2.27. The molecule has 0 saturated carbocycles. The van der Waals surface area contributed by atoms with Crippen LogP contribution < -0.4 is 5.32 Å². The van der Waals surface area contributed by atoms with Gasteiger partial charge in [-0.05, 0) is 45.0 Å². The fourth-order valence-corrected chi connectivity index (χ4v) is 1.75. The predicted octanol–water partition coefficient (Wildman–Crippen LogP) is 2.56.